The van der Waals surface area contributed by atoms with E-state index in [1.165, 1.54) is 0 Å². The van der Waals surface area contributed by atoms with E-state index in [4.69, 9.17) is 10.5 Å². The van der Waals surface area contributed by atoms with Crippen molar-refractivity contribution in [3.8, 4) is 0 Å². The van der Waals surface area contributed by atoms with Gasteiger partial charge in [-0.3, -0.25) is 0 Å². The predicted molar refractivity (Wildman–Crippen MR) is 74.2 cm³/mol. The molecule has 0 spiro atoms. The Kier molecular flexibility index (Phi) is 5.01. The van der Waals surface area contributed by atoms with Crippen LogP contribution >= 0.6 is 0 Å². The minimum Gasteiger partial charge on any atom is -0.512 e. The maximum Gasteiger partial charge on any atom is 0.119 e. The zero-order chi connectivity index (χ0) is 13.7. The Morgan fingerprint density at radius 1 is 1.67 bits per heavy atom. The zero-order valence-corrected chi connectivity index (χ0v) is 11.3. The number of aliphatic hydroxyl groups excluding tert-OH is 1. The molecule has 0 aromatic carbocycles. The molecule has 18 heavy (non-hydrogen) atoms. The van der Waals surface area contributed by atoms with Crippen LogP contribution in [0.5, 0.6) is 0 Å². The molecule has 0 saturated heterocycles. The summed E-state index contributed by atoms with van der Waals surface area (Å²) in [6, 6.07) is 0. The molecule has 0 aromatic heterocycles. The van der Waals surface area contributed by atoms with Crippen LogP contribution in [0.2, 0.25) is 0 Å². The van der Waals surface area contributed by atoms with Crippen molar-refractivity contribution in [1.82, 2.24) is 0 Å². The van der Waals surface area contributed by atoms with Crippen LogP contribution in [0, 0.1) is 5.92 Å². The lowest BCUT2D eigenvalue weighted by Crippen LogP contribution is -2.14. The van der Waals surface area contributed by atoms with Crippen molar-refractivity contribution in [2.75, 3.05) is 0 Å². The Morgan fingerprint density at radius 2 is 2.33 bits per heavy atom. The van der Waals surface area contributed by atoms with Crippen molar-refractivity contribution in [3.63, 3.8) is 0 Å². The molecule has 100 valence electrons. The summed E-state index contributed by atoms with van der Waals surface area (Å²) >= 11 is 0. The highest BCUT2D eigenvalue weighted by Crippen LogP contribution is 2.28. The first-order valence-electron chi connectivity index (χ1n) is 6.22. The fraction of sp³-hybridized carbons (Fsp3) is 0.500. The van der Waals surface area contributed by atoms with Crippen molar-refractivity contribution < 1.29 is 9.84 Å². The van der Waals surface area contributed by atoms with E-state index in [1.54, 1.807) is 6.08 Å². The SMILES string of the molecule is C=C(N=C(N)CC)C1C=C(OC(C)C)C=C(O)C1. The third-order valence-electron chi connectivity index (χ3n) is 2.55. The van der Waals surface area contributed by atoms with Crippen LogP contribution in [-0.2, 0) is 4.74 Å². The van der Waals surface area contributed by atoms with E-state index in [9.17, 15) is 5.11 Å². The van der Waals surface area contributed by atoms with E-state index >= 15 is 0 Å². The highest BCUT2D eigenvalue weighted by molar-refractivity contribution is 5.81. The van der Waals surface area contributed by atoms with Gasteiger partial charge in [0.05, 0.1) is 17.7 Å². The molecule has 3 N–H and O–H groups in total. The molecular weight excluding hydrogens is 228 g/mol. The van der Waals surface area contributed by atoms with Gasteiger partial charge in [-0.2, -0.15) is 0 Å². The van der Waals surface area contributed by atoms with Crippen molar-refractivity contribution >= 4 is 5.84 Å². The van der Waals surface area contributed by atoms with Gasteiger partial charge in [0, 0.05) is 30.5 Å². The van der Waals surface area contributed by atoms with E-state index in [1.807, 2.05) is 26.8 Å². The smallest absolute Gasteiger partial charge is 0.119 e. The molecule has 0 aliphatic heterocycles. The Balaban J connectivity index is 2.82. The highest BCUT2D eigenvalue weighted by Gasteiger charge is 2.19. The predicted octanol–water partition coefficient (Wildman–Crippen LogP) is 3.04. The summed E-state index contributed by atoms with van der Waals surface area (Å²) in [6.45, 7) is 9.73. The molecule has 1 unspecified atom stereocenters. The minimum absolute atomic E-state index is 0.0613. The van der Waals surface area contributed by atoms with E-state index in [-0.39, 0.29) is 17.8 Å². The highest BCUT2D eigenvalue weighted by atomic mass is 16.5. The molecule has 0 saturated carbocycles. The quantitative estimate of drug-likeness (QED) is 0.582. The summed E-state index contributed by atoms with van der Waals surface area (Å²) in [5.41, 5.74) is 6.34. The van der Waals surface area contributed by atoms with Crippen molar-refractivity contribution in [1.29, 1.82) is 0 Å². The van der Waals surface area contributed by atoms with Gasteiger partial charge >= 0.3 is 0 Å². The minimum atomic E-state index is -0.0613. The molecular formula is C14H22N2O2. The molecule has 1 aliphatic rings. The number of nitrogens with two attached hydrogens (primary N) is 1. The van der Waals surface area contributed by atoms with Gasteiger partial charge in [-0.25, -0.2) is 4.99 Å². The number of hydrogen-bond acceptors (Lipinski definition) is 3. The summed E-state index contributed by atoms with van der Waals surface area (Å²) in [4.78, 5) is 4.23. The Bertz CT molecular complexity index is 406. The normalized spacial score (nSPS) is 20.4. The van der Waals surface area contributed by atoms with Gasteiger partial charge < -0.3 is 15.6 Å². The van der Waals surface area contributed by atoms with E-state index < -0.39 is 0 Å². The standard InChI is InChI=1S/C14H22N2O2/c1-5-14(15)16-10(4)11-6-12(17)8-13(7-11)18-9(2)3/h7-9,11,17H,4-6H2,1-3H3,(H2,15,16). The lowest BCUT2D eigenvalue weighted by Gasteiger charge is -2.20. The third-order valence-corrected chi connectivity index (χ3v) is 2.55. The molecule has 1 rings (SSSR count). The molecule has 4 nitrogen and oxygen atoms in total. The number of aliphatic hydroxyl groups is 1. The molecule has 0 radical (unpaired) electrons. The van der Waals surface area contributed by atoms with Gasteiger partial charge in [-0.1, -0.05) is 13.5 Å². The second-order valence-corrected chi connectivity index (χ2v) is 4.63. The molecule has 1 atom stereocenters. The van der Waals surface area contributed by atoms with Crippen LogP contribution in [0.25, 0.3) is 0 Å². The van der Waals surface area contributed by atoms with Gasteiger partial charge in [-0.15, -0.1) is 0 Å². The zero-order valence-electron chi connectivity index (χ0n) is 11.3. The van der Waals surface area contributed by atoms with E-state index in [0.29, 0.717) is 30.1 Å². The van der Waals surface area contributed by atoms with Crippen LogP contribution in [0.15, 0.2) is 40.9 Å². The second-order valence-electron chi connectivity index (χ2n) is 4.63. The fourth-order valence-electron chi connectivity index (χ4n) is 1.66. The van der Waals surface area contributed by atoms with Gasteiger partial charge in [-0.05, 0) is 19.9 Å². The maximum absolute atomic E-state index is 9.72. The maximum atomic E-state index is 9.72. The first kappa shape index (κ1) is 14.4. The van der Waals surface area contributed by atoms with Crippen LogP contribution < -0.4 is 5.73 Å². The first-order valence-corrected chi connectivity index (χ1v) is 6.22. The van der Waals surface area contributed by atoms with Gasteiger partial charge in [0.25, 0.3) is 0 Å². The summed E-state index contributed by atoms with van der Waals surface area (Å²) in [6.07, 6.45) is 4.80. The van der Waals surface area contributed by atoms with Crippen LogP contribution in [-0.4, -0.2) is 17.0 Å². The average Bonchev–Trinajstić information content (AvgIpc) is 2.26. The molecule has 0 bridgehead atoms. The lowest BCUT2D eigenvalue weighted by atomic mass is 9.96. The third kappa shape index (κ3) is 4.28. The van der Waals surface area contributed by atoms with Gasteiger partial charge in [0.1, 0.15) is 5.76 Å². The average molecular weight is 250 g/mol. The molecule has 0 heterocycles. The van der Waals surface area contributed by atoms with Crippen LogP contribution in [0.1, 0.15) is 33.6 Å². The molecule has 4 heteroatoms. The number of allylic oxidation sites excluding steroid dienone is 3. The number of ether oxygens (including phenoxy) is 1. The molecule has 0 fully saturated rings. The summed E-state index contributed by atoms with van der Waals surface area (Å²) in [7, 11) is 0. The monoisotopic (exact) mass is 250 g/mol. The molecule has 0 aromatic rings. The number of hydrogen-bond donors (Lipinski definition) is 2. The van der Waals surface area contributed by atoms with Crippen molar-refractivity contribution in [3.05, 3.63) is 35.9 Å². The van der Waals surface area contributed by atoms with Crippen molar-refractivity contribution in [2.24, 2.45) is 16.6 Å². The summed E-state index contributed by atoms with van der Waals surface area (Å²) in [5, 5.41) is 9.72. The number of aliphatic imine (C=N–C) groups is 1. The number of amidine groups is 1. The number of rotatable bonds is 5. The topological polar surface area (TPSA) is 67.8 Å². The Labute approximate surface area is 109 Å². The Hall–Kier alpha value is -1.71. The van der Waals surface area contributed by atoms with Gasteiger partial charge in [0.15, 0.2) is 0 Å². The van der Waals surface area contributed by atoms with Crippen LogP contribution in [0.4, 0.5) is 0 Å². The summed E-state index contributed by atoms with van der Waals surface area (Å²) in [5.74, 6) is 1.43. The molecule has 0 amide bonds. The second kappa shape index (κ2) is 6.28. The lowest BCUT2D eigenvalue weighted by molar-refractivity contribution is 0.152. The van der Waals surface area contributed by atoms with Crippen LogP contribution in [0.3, 0.4) is 0 Å². The van der Waals surface area contributed by atoms with Gasteiger partial charge in [0.2, 0.25) is 0 Å². The van der Waals surface area contributed by atoms with E-state index in [2.05, 4.69) is 11.6 Å². The van der Waals surface area contributed by atoms with Crippen molar-refractivity contribution in [2.45, 2.75) is 39.7 Å². The van der Waals surface area contributed by atoms with E-state index in [0.717, 1.165) is 0 Å². The number of nitrogens with zero attached hydrogens (tertiary/aromatic N) is 1. The Morgan fingerprint density at radius 3 is 2.89 bits per heavy atom. The molecule has 1 aliphatic carbocycles. The fourth-order valence-corrected chi connectivity index (χ4v) is 1.66. The largest absolute Gasteiger partial charge is 0.512 e. The first-order chi connectivity index (χ1) is 8.42. The summed E-state index contributed by atoms with van der Waals surface area (Å²) < 4.78 is 5.58.